The number of hydrogen-bond acceptors (Lipinski definition) is 2. The molecule has 2 atom stereocenters. The molecule has 0 amide bonds. The summed E-state index contributed by atoms with van der Waals surface area (Å²) in [5.41, 5.74) is 0.255. The third-order valence-corrected chi connectivity index (χ3v) is 5.75. The van der Waals surface area contributed by atoms with E-state index in [2.05, 4.69) is 50.5 Å². The second-order valence-electron chi connectivity index (χ2n) is 6.65. The van der Waals surface area contributed by atoms with Gasteiger partial charge in [-0.1, -0.05) is 40.2 Å². The van der Waals surface area contributed by atoms with Crippen molar-refractivity contribution in [2.24, 2.45) is 11.8 Å². The SMILES string of the molecule is CC1CCCC(C)C1NCC(C)(C)c1cccs1. The highest BCUT2D eigenvalue weighted by atomic mass is 32.1. The topological polar surface area (TPSA) is 12.0 Å². The van der Waals surface area contributed by atoms with E-state index in [1.807, 2.05) is 11.3 Å². The molecule has 0 bridgehead atoms. The van der Waals surface area contributed by atoms with Gasteiger partial charge in [-0.15, -0.1) is 11.3 Å². The van der Waals surface area contributed by atoms with Gasteiger partial charge in [-0.25, -0.2) is 0 Å². The molecule has 1 nitrogen and oxygen atoms in total. The average molecular weight is 265 g/mol. The van der Waals surface area contributed by atoms with Gasteiger partial charge in [-0.3, -0.25) is 0 Å². The van der Waals surface area contributed by atoms with E-state index in [9.17, 15) is 0 Å². The first-order chi connectivity index (χ1) is 8.50. The van der Waals surface area contributed by atoms with Crippen LogP contribution in [0.2, 0.25) is 0 Å². The van der Waals surface area contributed by atoms with Crippen molar-refractivity contribution in [3.05, 3.63) is 22.4 Å². The molecule has 2 rings (SSSR count). The highest BCUT2D eigenvalue weighted by Gasteiger charge is 2.30. The standard InChI is InChI=1S/C16H27NS/c1-12-7-5-8-13(2)15(12)17-11-16(3,4)14-9-6-10-18-14/h6,9-10,12-13,15,17H,5,7-8,11H2,1-4H3. The summed E-state index contributed by atoms with van der Waals surface area (Å²) in [5.74, 6) is 1.65. The normalized spacial score (nSPS) is 29.4. The zero-order valence-electron chi connectivity index (χ0n) is 12.2. The van der Waals surface area contributed by atoms with Crippen molar-refractivity contribution in [1.82, 2.24) is 5.32 Å². The lowest BCUT2D eigenvalue weighted by atomic mass is 9.78. The molecule has 0 saturated heterocycles. The summed E-state index contributed by atoms with van der Waals surface area (Å²) in [6, 6.07) is 5.13. The van der Waals surface area contributed by atoms with Crippen LogP contribution in [-0.4, -0.2) is 12.6 Å². The van der Waals surface area contributed by atoms with Crippen LogP contribution >= 0.6 is 11.3 Å². The first-order valence-corrected chi connectivity index (χ1v) is 8.16. The molecule has 1 heterocycles. The van der Waals surface area contributed by atoms with E-state index in [0.717, 1.165) is 18.4 Å². The van der Waals surface area contributed by atoms with Crippen LogP contribution in [-0.2, 0) is 5.41 Å². The first kappa shape index (κ1) is 14.1. The molecule has 1 aliphatic rings. The van der Waals surface area contributed by atoms with E-state index >= 15 is 0 Å². The van der Waals surface area contributed by atoms with Gasteiger partial charge in [-0.2, -0.15) is 0 Å². The van der Waals surface area contributed by atoms with Gasteiger partial charge in [-0.05, 0) is 36.1 Å². The number of rotatable bonds is 4. The lowest BCUT2D eigenvalue weighted by Crippen LogP contribution is -2.47. The van der Waals surface area contributed by atoms with E-state index in [1.165, 1.54) is 24.1 Å². The van der Waals surface area contributed by atoms with Crippen molar-refractivity contribution < 1.29 is 0 Å². The molecule has 2 unspecified atom stereocenters. The van der Waals surface area contributed by atoms with Gasteiger partial charge in [0.15, 0.2) is 0 Å². The summed E-state index contributed by atoms with van der Waals surface area (Å²) < 4.78 is 0. The van der Waals surface area contributed by atoms with Crippen LogP contribution in [0.25, 0.3) is 0 Å². The molecule has 1 aromatic rings. The Morgan fingerprint density at radius 3 is 2.50 bits per heavy atom. The van der Waals surface area contributed by atoms with Crippen LogP contribution in [0, 0.1) is 11.8 Å². The maximum atomic E-state index is 3.86. The summed E-state index contributed by atoms with van der Waals surface area (Å²) in [7, 11) is 0. The van der Waals surface area contributed by atoms with Crippen LogP contribution in [0.3, 0.4) is 0 Å². The van der Waals surface area contributed by atoms with Crippen molar-refractivity contribution in [3.8, 4) is 0 Å². The van der Waals surface area contributed by atoms with Crippen molar-refractivity contribution in [3.63, 3.8) is 0 Å². The van der Waals surface area contributed by atoms with Crippen LogP contribution in [0.1, 0.15) is 51.8 Å². The van der Waals surface area contributed by atoms with E-state index in [0.29, 0.717) is 6.04 Å². The molecule has 0 aliphatic heterocycles. The highest BCUT2D eigenvalue weighted by Crippen LogP contribution is 2.31. The summed E-state index contributed by atoms with van der Waals surface area (Å²) in [4.78, 5) is 1.49. The fraction of sp³-hybridized carbons (Fsp3) is 0.750. The summed E-state index contributed by atoms with van der Waals surface area (Å²) in [5, 5.41) is 6.04. The Bertz CT molecular complexity index is 345. The van der Waals surface area contributed by atoms with E-state index < -0.39 is 0 Å². The minimum atomic E-state index is 0.255. The average Bonchev–Trinajstić information content (AvgIpc) is 2.82. The Labute approximate surface area is 116 Å². The molecule has 1 aliphatic carbocycles. The zero-order valence-corrected chi connectivity index (χ0v) is 13.0. The Morgan fingerprint density at radius 1 is 1.28 bits per heavy atom. The van der Waals surface area contributed by atoms with Crippen LogP contribution in [0.5, 0.6) is 0 Å². The molecule has 1 aromatic heterocycles. The third-order valence-electron chi connectivity index (χ3n) is 4.51. The van der Waals surface area contributed by atoms with Gasteiger partial charge in [0.25, 0.3) is 0 Å². The minimum Gasteiger partial charge on any atom is -0.313 e. The summed E-state index contributed by atoms with van der Waals surface area (Å²) >= 11 is 1.88. The predicted octanol–water partition coefficient (Wildman–Crippen LogP) is 4.44. The molecule has 0 spiro atoms. The summed E-state index contributed by atoms with van der Waals surface area (Å²) in [6.45, 7) is 10.6. The molecule has 18 heavy (non-hydrogen) atoms. The van der Waals surface area contributed by atoms with Gasteiger partial charge >= 0.3 is 0 Å². The Hall–Kier alpha value is -0.340. The molecule has 0 aromatic carbocycles. The molecule has 2 heteroatoms. The molecule has 1 saturated carbocycles. The second-order valence-corrected chi connectivity index (χ2v) is 7.60. The fourth-order valence-electron chi connectivity index (χ4n) is 3.21. The molecular formula is C16H27NS. The van der Waals surface area contributed by atoms with E-state index in [4.69, 9.17) is 0 Å². The van der Waals surface area contributed by atoms with Gasteiger partial charge < -0.3 is 5.32 Å². The van der Waals surface area contributed by atoms with Crippen molar-refractivity contribution in [1.29, 1.82) is 0 Å². The molecule has 1 N–H and O–H groups in total. The largest absolute Gasteiger partial charge is 0.313 e. The predicted molar refractivity (Wildman–Crippen MR) is 81.3 cm³/mol. The third kappa shape index (κ3) is 3.16. The second kappa shape index (κ2) is 5.75. The Morgan fingerprint density at radius 2 is 1.94 bits per heavy atom. The maximum Gasteiger partial charge on any atom is 0.0119 e. The number of hydrogen-bond donors (Lipinski definition) is 1. The lowest BCUT2D eigenvalue weighted by molar-refractivity contribution is 0.200. The molecule has 1 fully saturated rings. The quantitative estimate of drug-likeness (QED) is 0.848. The van der Waals surface area contributed by atoms with Crippen molar-refractivity contribution in [2.75, 3.05) is 6.54 Å². The maximum absolute atomic E-state index is 3.86. The highest BCUT2D eigenvalue weighted by molar-refractivity contribution is 7.10. The first-order valence-electron chi connectivity index (χ1n) is 7.28. The van der Waals surface area contributed by atoms with Gasteiger partial charge in [0.1, 0.15) is 0 Å². The van der Waals surface area contributed by atoms with Crippen LogP contribution < -0.4 is 5.32 Å². The van der Waals surface area contributed by atoms with E-state index in [-0.39, 0.29) is 5.41 Å². The van der Waals surface area contributed by atoms with Crippen LogP contribution in [0.4, 0.5) is 0 Å². The molecule has 0 radical (unpaired) electrons. The van der Waals surface area contributed by atoms with Gasteiger partial charge in [0, 0.05) is 22.9 Å². The molecular weight excluding hydrogens is 238 g/mol. The Kier molecular flexibility index (Phi) is 4.50. The van der Waals surface area contributed by atoms with Gasteiger partial charge in [0.2, 0.25) is 0 Å². The monoisotopic (exact) mass is 265 g/mol. The lowest BCUT2D eigenvalue weighted by Gasteiger charge is -2.37. The van der Waals surface area contributed by atoms with Gasteiger partial charge in [0.05, 0.1) is 0 Å². The Balaban J connectivity index is 1.94. The minimum absolute atomic E-state index is 0.255. The zero-order chi connectivity index (χ0) is 13.2. The van der Waals surface area contributed by atoms with Crippen molar-refractivity contribution >= 4 is 11.3 Å². The van der Waals surface area contributed by atoms with Crippen molar-refractivity contribution in [2.45, 2.75) is 58.4 Å². The summed E-state index contributed by atoms with van der Waals surface area (Å²) in [6.07, 6.45) is 4.19. The smallest absolute Gasteiger partial charge is 0.0119 e. The number of thiophene rings is 1. The molecule has 102 valence electrons. The fourth-order valence-corrected chi connectivity index (χ4v) is 4.06. The number of nitrogens with one attached hydrogen (secondary N) is 1. The van der Waals surface area contributed by atoms with E-state index in [1.54, 1.807) is 0 Å². The van der Waals surface area contributed by atoms with Crippen LogP contribution in [0.15, 0.2) is 17.5 Å².